The largest absolute Gasteiger partial charge is 0.485 e. The molecule has 4 rings (SSSR count). The zero-order chi connectivity index (χ0) is 20.1. The number of ether oxygens (including phenoxy) is 2. The van der Waals surface area contributed by atoms with E-state index in [4.69, 9.17) is 14.0 Å². The van der Waals surface area contributed by atoms with E-state index < -0.39 is 0 Å². The summed E-state index contributed by atoms with van der Waals surface area (Å²) in [5, 5.41) is 6.72. The van der Waals surface area contributed by atoms with Crippen LogP contribution in [0.5, 0.6) is 5.75 Å². The molecule has 1 fully saturated rings. The zero-order valence-electron chi connectivity index (χ0n) is 16.1. The number of morpholine rings is 1. The van der Waals surface area contributed by atoms with Crippen molar-refractivity contribution in [1.29, 1.82) is 0 Å². The molecule has 1 aliphatic heterocycles. The normalized spacial score (nSPS) is 13.9. The van der Waals surface area contributed by atoms with Crippen molar-refractivity contribution < 1.29 is 18.8 Å². The molecule has 29 heavy (non-hydrogen) atoms. The lowest BCUT2D eigenvalue weighted by Gasteiger charge is -2.28. The Balaban J connectivity index is 1.41. The molecular formula is C21H22N4O4. The first-order chi connectivity index (χ1) is 14.2. The van der Waals surface area contributed by atoms with E-state index in [-0.39, 0.29) is 12.5 Å². The fourth-order valence-electron chi connectivity index (χ4n) is 3.10. The predicted molar refractivity (Wildman–Crippen MR) is 107 cm³/mol. The van der Waals surface area contributed by atoms with Gasteiger partial charge in [0, 0.05) is 31.4 Å². The highest BCUT2D eigenvalue weighted by atomic mass is 16.5. The van der Waals surface area contributed by atoms with Gasteiger partial charge in [0.2, 0.25) is 11.7 Å². The van der Waals surface area contributed by atoms with Crippen molar-refractivity contribution in [2.75, 3.05) is 36.5 Å². The van der Waals surface area contributed by atoms with Gasteiger partial charge in [0.05, 0.1) is 18.8 Å². The van der Waals surface area contributed by atoms with Gasteiger partial charge in [0.15, 0.2) is 6.61 Å². The number of amides is 1. The average molecular weight is 394 g/mol. The molecular weight excluding hydrogens is 372 g/mol. The number of nitrogens with one attached hydrogen (secondary N) is 1. The molecule has 1 amide bonds. The van der Waals surface area contributed by atoms with Crippen LogP contribution in [0.3, 0.4) is 0 Å². The molecule has 1 aliphatic rings. The monoisotopic (exact) mass is 394 g/mol. The van der Waals surface area contributed by atoms with Crippen LogP contribution in [0.25, 0.3) is 0 Å². The van der Waals surface area contributed by atoms with Gasteiger partial charge in [-0.2, -0.15) is 4.98 Å². The number of nitrogens with zero attached hydrogens (tertiary/aromatic N) is 3. The molecule has 0 spiro atoms. The van der Waals surface area contributed by atoms with Crippen LogP contribution < -0.4 is 15.0 Å². The predicted octanol–water partition coefficient (Wildman–Crippen LogP) is 3.05. The van der Waals surface area contributed by atoms with Gasteiger partial charge in [0.1, 0.15) is 5.75 Å². The molecule has 1 aromatic heterocycles. The third kappa shape index (κ3) is 4.72. The van der Waals surface area contributed by atoms with Crippen molar-refractivity contribution in [3.63, 3.8) is 0 Å². The Morgan fingerprint density at radius 2 is 1.90 bits per heavy atom. The molecule has 2 heterocycles. The maximum Gasteiger partial charge on any atom is 0.259 e. The third-order valence-electron chi connectivity index (χ3n) is 4.56. The number of aryl methyl sites for hydroxylation is 1. The SMILES string of the molecule is Cc1nc(COc2ccccc2C(=O)Nc2ccc(N3CCOCC3)cc2)no1. The van der Waals surface area contributed by atoms with E-state index in [1.165, 1.54) is 0 Å². The van der Waals surface area contributed by atoms with Crippen LogP contribution in [0.15, 0.2) is 53.1 Å². The van der Waals surface area contributed by atoms with Crippen LogP contribution in [-0.2, 0) is 11.3 Å². The topological polar surface area (TPSA) is 89.7 Å². The van der Waals surface area contributed by atoms with Crippen molar-refractivity contribution in [2.24, 2.45) is 0 Å². The van der Waals surface area contributed by atoms with Crippen molar-refractivity contribution in [1.82, 2.24) is 10.1 Å². The summed E-state index contributed by atoms with van der Waals surface area (Å²) in [5.41, 5.74) is 2.27. The number of rotatable bonds is 6. The van der Waals surface area contributed by atoms with Crippen molar-refractivity contribution in [3.8, 4) is 5.75 Å². The van der Waals surface area contributed by atoms with Crippen LogP contribution in [0.4, 0.5) is 11.4 Å². The van der Waals surface area contributed by atoms with E-state index in [2.05, 4.69) is 20.4 Å². The van der Waals surface area contributed by atoms with Gasteiger partial charge < -0.3 is 24.2 Å². The van der Waals surface area contributed by atoms with E-state index >= 15 is 0 Å². The van der Waals surface area contributed by atoms with Crippen LogP contribution >= 0.6 is 0 Å². The minimum absolute atomic E-state index is 0.121. The summed E-state index contributed by atoms with van der Waals surface area (Å²) in [5.74, 6) is 1.10. The van der Waals surface area contributed by atoms with Crippen LogP contribution in [-0.4, -0.2) is 42.4 Å². The minimum Gasteiger partial charge on any atom is -0.485 e. The van der Waals surface area contributed by atoms with Gasteiger partial charge in [-0.25, -0.2) is 0 Å². The van der Waals surface area contributed by atoms with Gasteiger partial charge in [0.25, 0.3) is 5.91 Å². The van der Waals surface area contributed by atoms with E-state index in [0.717, 1.165) is 37.7 Å². The molecule has 0 unspecified atom stereocenters. The van der Waals surface area contributed by atoms with Crippen LogP contribution in [0.1, 0.15) is 22.1 Å². The molecule has 8 nitrogen and oxygen atoms in total. The first-order valence-electron chi connectivity index (χ1n) is 9.44. The number of anilines is 2. The first-order valence-corrected chi connectivity index (χ1v) is 9.44. The second kappa shape index (κ2) is 8.74. The third-order valence-corrected chi connectivity index (χ3v) is 4.56. The van der Waals surface area contributed by atoms with Gasteiger partial charge >= 0.3 is 0 Å². The summed E-state index contributed by atoms with van der Waals surface area (Å²) < 4.78 is 16.0. The van der Waals surface area contributed by atoms with E-state index in [1.807, 2.05) is 30.3 Å². The number of benzene rings is 2. The summed E-state index contributed by atoms with van der Waals surface area (Å²) in [6, 6.07) is 14.9. The Labute approximate surface area is 168 Å². The molecule has 8 heteroatoms. The lowest BCUT2D eigenvalue weighted by molar-refractivity contribution is 0.102. The molecule has 0 saturated carbocycles. The van der Waals surface area contributed by atoms with Crippen LogP contribution in [0.2, 0.25) is 0 Å². The van der Waals surface area contributed by atoms with Gasteiger partial charge in [-0.1, -0.05) is 17.3 Å². The van der Waals surface area contributed by atoms with Gasteiger partial charge in [-0.15, -0.1) is 0 Å². The quantitative estimate of drug-likeness (QED) is 0.687. The Morgan fingerprint density at radius 3 is 2.62 bits per heavy atom. The Kier molecular flexibility index (Phi) is 5.71. The van der Waals surface area contributed by atoms with E-state index in [9.17, 15) is 4.79 Å². The molecule has 1 saturated heterocycles. The van der Waals surface area contributed by atoms with E-state index in [0.29, 0.717) is 23.0 Å². The minimum atomic E-state index is -0.246. The first kappa shape index (κ1) is 18.9. The maximum absolute atomic E-state index is 12.8. The standard InChI is InChI=1S/C21H22N4O4/c1-15-22-20(24-29-15)14-28-19-5-3-2-4-18(19)21(26)23-16-6-8-17(9-7-16)25-10-12-27-13-11-25/h2-9H,10-14H2,1H3,(H,23,26). The fraction of sp³-hybridized carbons (Fsp3) is 0.286. The number of carbonyl (C=O) groups is 1. The summed E-state index contributed by atoms with van der Waals surface area (Å²) >= 11 is 0. The molecule has 0 bridgehead atoms. The number of hydrogen-bond donors (Lipinski definition) is 1. The lowest BCUT2D eigenvalue weighted by Crippen LogP contribution is -2.36. The highest BCUT2D eigenvalue weighted by molar-refractivity contribution is 6.06. The number of hydrogen-bond acceptors (Lipinski definition) is 7. The molecule has 0 aliphatic carbocycles. The second-order valence-electron chi connectivity index (χ2n) is 6.61. The van der Waals surface area contributed by atoms with Gasteiger partial charge in [-0.05, 0) is 36.4 Å². The Bertz CT molecular complexity index is 965. The Hall–Kier alpha value is -3.39. The number of carbonyl (C=O) groups excluding carboxylic acids is 1. The molecule has 3 aromatic rings. The maximum atomic E-state index is 12.8. The summed E-state index contributed by atoms with van der Waals surface area (Å²) in [6.07, 6.45) is 0. The highest BCUT2D eigenvalue weighted by Gasteiger charge is 2.15. The highest BCUT2D eigenvalue weighted by Crippen LogP contribution is 2.23. The number of aromatic nitrogens is 2. The van der Waals surface area contributed by atoms with E-state index in [1.54, 1.807) is 25.1 Å². The number of para-hydroxylation sites is 1. The molecule has 0 atom stereocenters. The van der Waals surface area contributed by atoms with Crippen molar-refractivity contribution in [3.05, 3.63) is 65.8 Å². The Morgan fingerprint density at radius 1 is 1.14 bits per heavy atom. The zero-order valence-corrected chi connectivity index (χ0v) is 16.1. The summed E-state index contributed by atoms with van der Waals surface area (Å²) in [4.78, 5) is 19.1. The lowest BCUT2D eigenvalue weighted by atomic mass is 10.1. The van der Waals surface area contributed by atoms with Crippen molar-refractivity contribution in [2.45, 2.75) is 13.5 Å². The van der Waals surface area contributed by atoms with Gasteiger partial charge in [-0.3, -0.25) is 4.79 Å². The average Bonchev–Trinajstić information content (AvgIpc) is 3.19. The summed E-state index contributed by atoms with van der Waals surface area (Å²) in [7, 11) is 0. The molecule has 150 valence electrons. The molecule has 2 aromatic carbocycles. The smallest absolute Gasteiger partial charge is 0.259 e. The molecule has 1 N–H and O–H groups in total. The second-order valence-corrected chi connectivity index (χ2v) is 6.61. The fourth-order valence-corrected chi connectivity index (χ4v) is 3.10. The van der Waals surface area contributed by atoms with Crippen LogP contribution in [0, 0.1) is 6.92 Å². The molecule has 0 radical (unpaired) electrons. The van der Waals surface area contributed by atoms with Crippen molar-refractivity contribution >= 4 is 17.3 Å². The summed E-state index contributed by atoms with van der Waals surface area (Å²) in [6.45, 7) is 5.04.